The predicted molar refractivity (Wildman–Crippen MR) is 62.4 cm³/mol. The van der Waals surface area contributed by atoms with Crippen molar-refractivity contribution in [1.29, 1.82) is 0 Å². The Bertz CT molecular complexity index is 453. The van der Waals surface area contributed by atoms with E-state index in [2.05, 4.69) is 15.5 Å². The van der Waals surface area contributed by atoms with Crippen LogP contribution in [0.1, 0.15) is 44.0 Å². The number of rotatable bonds is 5. The molecule has 104 valence electrons. The minimum absolute atomic E-state index is 0.155. The van der Waals surface area contributed by atoms with Crippen molar-refractivity contribution in [2.75, 3.05) is 0 Å². The van der Waals surface area contributed by atoms with Crippen molar-refractivity contribution in [2.45, 2.75) is 44.6 Å². The van der Waals surface area contributed by atoms with Crippen LogP contribution in [-0.4, -0.2) is 42.4 Å². The first-order chi connectivity index (χ1) is 9.09. The van der Waals surface area contributed by atoms with Crippen molar-refractivity contribution < 1.29 is 19.8 Å². The molecule has 1 aromatic heterocycles. The first-order valence-corrected chi connectivity index (χ1v) is 6.32. The van der Waals surface area contributed by atoms with Crippen molar-refractivity contribution in [3.8, 4) is 0 Å². The van der Waals surface area contributed by atoms with Gasteiger partial charge in [0.05, 0.1) is 6.04 Å². The van der Waals surface area contributed by atoms with Gasteiger partial charge in [-0.25, -0.2) is 4.68 Å². The normalized spacial score (nSPS) is 16.7. The molecule has 1 aliphatic carbocycles. The Labute approximate surface area is 109 Å². The lowest BCUT2D eigenvalue weighted by Crippen LogP contribution is -2.28. The summed E-state index contributed by atoms with van der Waals surface area (Å²) in [6.45, 7) is 0. The van der Waals surface area contributed by atoms with E-state index >= 15 is 0 Å². The van der Waals surface area contributed by atoms with E-state index in [1.807, 2.05) is 0 Å². The SMILES string of the molecule is O=C(O)C(Cc1nnnn1C1CCCCC1)C(=O)O. The lowest BCUT2D eigenvalue weighted by Gasteiger charge is -2.22. The van der Waals surface area contributed by atoms with Crippen molar-refractivity contribution in [3.05, 3.63) is 5.82 Å². The van der Waals surface area contributed by atoms with Crippen LogP contribution in [0.2, 0.25) is 0 Å². The quantitative estimate of drug-likeness (QED) is 0.746. The van der Waals surface area contributed by atoms with Crippen LogP contribution in [0.15, 0.2) is 0 Å². The minimum atomic E-state index is -1.51. The van der Waals surface area contributed by atoms with Gasteiger partial charge in [0, 0.05) is 6.42 Å². The molecular formula is C11H16N4O4. The lowest BCUT2D eigenvalue weighted by molar-refractivity contribution is -0.154. The molecule has 0 bridgehead atoms. The second kappa shape index (κ2) is 5.77. The molecule has 8 heteroatoms. The standard InChI is InChI=1S/C11H16N4O4/c16-10(17)8(11(18)19)6-9-12-13-14-15(9)7-4-2-1-3-5-7/h7-8H,1-6H2,(H,16,17)(H,18,19). The van der Waals surface area contributed by atoms with Gasteiger partial charge in [-0.2, -0.15) is 0 Å². The molecule has 0 saturated heterocycles. The van der Waals surface area contributed by atoms with Gasteiger partial charge in [0.2, 0.25) is 0 Å². The van der Waals surface area contributed by atoms with Gasteiger partial charge in [-0.05, 0) is 23.3 Å². The number of nitrogens with zero attached hydrogens (tertiary/aromatic N) is 4. The summed E-state index contributed by atoms with van der Waals surface area (Å²) in [5.74, 6) is -3.91. The van der Waals surface area contributed by atoms with Crippen LogP contribution in [0, 0.1) is 5.92 Å². The third-order valence-corrected chi connectivity index (χ3v) is 3.46. The number of hydrogen-bond donors (Lipinski definition) is 2. The molecule has 0 spiro atoms. The van der Waals surface area contributed by atoms with Crippen LogP contribution in [-0.2, 0) is 16.0 Å². The van der Waals surface area contributed by atoms with Crippen molar-refractivity contribution in [2.24, 2.45) is 5.92 Å². The van der Waals surface area contributed by atoms with Gasteiger partial charge < -0.3 is 10.2 Å². The molecule has 1 heterocycles. The first-order valence-electron chi connectivity index (χ1n) is 6.32. The molecule has 0 atom stereocenters. The van der Waals surface area contributed by atoms with Crippen molar-refractivity contribution in [1.82, 2.24) is 20.2 Å². The third kappa shape index (κ3) is 3.07. The third-order valence-electron chi connectivity index (χ3n) is 3.46. The Hall–Kier alpha value is -1.99. The van der Waals surface area contributed by atoms with Crippen LogP contribution >= 0.6 is 0 Å². The fourth-order valence-corrected chi connectivity index (χ4v) is 2.42. The van der Waals surface area contributed by atoms with Crippen LogP contribution < -0.4 is 0 Å². The molecule has 1 aliphatic rings. The second-order valence-corrected chi connectivity index (χ2v) is 4.76. The molecule has 2 N–H and O–H groups in total. The van der Waals surface area contributed by atoms with E-state index in [4.69, 9.17) is 10.2 Å². The highest BCUT2D eigenvalue weighted by Crippen LogP contribution is 2.28. The highest BCUT2D eigenvalue weighted by molar-refractivity contribution is 5.93. The van der Waals surface area contributed by atoms with Crippen molar-refractivity contribution >= 4 is 11.9 Å². The van der Waals surface area contributed by atoms with Crippen LogP contribution in [0.3, 0.4) is 0 Å². The van der Waals surface area contributed by atoms with Crippen LogP contribution in [0.4, 0.5) is 0 Å². The summed E-state index contributed by atoms with van der Waals surface area (Å²) in [4.78, 5) is 21.8. The first kappa shape index (κ1) is 13.4. The molecule has 8 nitrogen and oxygen atoms in total. The Kier molecular flexibility index (Phi) is 4.08. The summed E-state index contributed by atoms with van der Waals surface area (Å²) in [5, 5.41) is 29.0. The van der Waals surface area contributed by atoms with Gasteiger partial charge >= 0.3 is 11.9 Å². The summed E-state index contributed by atoms with van der Waals surface area (Å²) in [7, 11) is 0. The number of carboxylic acids is 2. The zero-order chi connectivity index (χ0) is 13.8. The number of carbonyl (C=O) groups is 2. The summed E-state index contributed by atoms with van der Waals surface area (Å²) in [6.07, 6.45) is 5.07. The number of aliphatic carboxylic acids is 2. The van der Waals surface area contributed by atoms with Gasteiger partial charge in [-0.1, -0.05) is 19.3 Å². The maximum absolute atomic E-state index is 10.9. The highest BCUT2D eigenvalue weighted by atomic mass is 16.4. The Morgan fingerprint density at radius 3 is 2.42 bits per heavy atom. The maximum Gasteiger partial charge on any atom is 0.318 e. The second-order valence-electron chi connectivity index (χ2n) is 4.76. The monoisotopic (exact) mass is 268 g/mol. The molecule has 1 saturated carbocycles. The predicted octanol–water partition coefficient (Wildman–Crippen LogP) is 0.506. The highest BCUT2D eigenvalue weighted by Gasteiger charge is 2.30. The van der Waals surface area contributed by atoms with E-state index in [0.29, 0.717) is 5.82 Å². The lowest BCUT2D eigenvalue weighted by atomic mass is 9.95. The van der Waals surface area contributed by atoms with Crippen molar-refractivity contribution in [3.63, 3.8) is 0 Å². The fourth-order valence-electron chi connectivity index (χ4n) is 2.42. The zero-order valence-corrected chi connectivity index (χ0v) is 10.4. The number of aromatic nitrogens is 4. The van der Waals surface area contributed by atoms with E-state index in [0.717, 1.165) is 25.7 Å². The summed E-state index contributed by atoms with van der Waals surface area (Å²) in [5.41, 5.74) is 0. The van der Waals surface area contributed by atoms with E-state index in [1.165, 1.54) is 6.42 Å². The van der Waals surface area contributed by atoms with E-state index < -0.39 is 17.9 Å². The summed E-state index contributed by atoms with van der Waals surface area (Å²) >= 11 is 0. The molecule has 0 aromatic carbocycles. The fraction of sp³-hybridized carbons (Fsp3) is 0.727. The van der Waals surface area contributed by atoms with Gasteiger partial charge in [-0.15, -0.1) is 5.10 Å². The Morgan fingerprint density at radius 2 is 1.84 bits per heavy atom. The van der Waals surface area contributed by atoms with Gasteiger partial charge in [0.15, 0.2) is 11.7 Å². The maximum atomic E-state index is 10.9. The van der Waals surface area contributed by atoms with Gasteiger partial charge in [0.25, 0.3) is 0 Å². The molecular weight excluding hydrogens is 252 g/mol. The molecule has 19 heavy (non-hydrogen) atoms. The average Bonchev–Trinajstić information content (AvgIpc) is 2.84. The smallest absolute Gasteiger partial charge is 0.318 e. The number of hydrogen-bond acceptors (Lipinski definition) is 5. The molecule has 2 rings (SSSR count). The Balaban J connectivity index is 2.14. The van der Waals surface area contributed by atoms with Crippen LogP contribution in [0.25, 0.3) is 0 Å². The van der Waals surface area contributed by atoms with Gasteiger partial charge in [0.1, 0.15) is 0 Å². The molecule has 1 aromatic rings. The van der Waals surface area contributed by atoms with E-state index in [1.54, 1.807) is 4.68 Å². The Morgan fingerprint density at radius 1 is 1.21 bits per heavy atom. The largest absolute Gasteiger partial charge is 0.481 e. The number of carboxylic acid groups (broad SMARTS) is 2. The molecule has 1 fully saturated rings. The molecule has 0 aliphatic heterocycles. The van der Waals surface area contributed by atoms with Gasteiger partial charge in [-0.3, -0.25) is 9.59 Å². The summed E-state index contributed by atoms with van der Waals surface area (Å²) in [6, 6.07) is 0.155. The molecule has 0 unspecified atom stereocenters. The molecule has 0 amide bonds. The zero-order valence-electron chi connectivity index (χ0n) is 10.4. The van der Waals surface area contributed by atoms with E-state index in [9.17, 15) is 9.59 Å². The topological polar surface area (TPSA) is 118 Å². The average molecular weight is 268 g/mol. The minimum Gasteiger partial charge on any atom is -0.481 e. The molecule has 0 radical (unpaired) electrons. The summed E-state index contributed by atoms with van der Waals surface area (Å²) < 4.78 is 1.60. The number of tetrazole rings is 1. The van der Waals surface area contributed by atoms with E-state index in [-0.39, 0.29) is 12.5 Å². The van der Waals surface area contributed by atoms with Crippen LogP contribution in [0.5, 0.6) is 0 Å².